The number of aliphatic hydroxyl groups excluding tert-OH is 1. The third kappa shape index (κ3) is 5.55. The molecule has 2 amide bonds. The fraction of sp³-hybridized carbons (Fsp3) is 0.385. The quantitative estimate of drug-likeness (QED) is 0.681. The van der Waals surface area contributed by atoms with Gasteiger partial charge in [0, 0.05) is 6.54 Å². The first-order valence-electron chi connectivity index (χ1n) is 5.91. The van der Waals surface area contributed by atoms with Crippen LogP contribution in [-0.4, -0.2) is 36.6 Å². The first-order chi connectivity index (χ1) is 9.17. The van der Waals surface area contributed by atoms with Gasteiger partial charge in [0.25, 0.3) is 5.91 Å². The highest BCUT2D eigenvalue weighted by Crippen LogP contribution is 2.14. The summed E-state index contributed by atoms with van der Waals surface area (Å²) in [4.78, 5) is 24.2. The molecule has 0 aliphatic heterocycles. The van der Waals surface area contributed by atoms with Gasteiger partial charge in [0.15, 0.2) is 0 Å². The molecular weight excluding hydrogens is 264 g/mol. The van der Waals surface area contributed by atoms with Crippen molar-refractivity contribution in [1.29, 1.82) is 0 Å². The minimum Gasteiger partial charge on any atom is -0.384 e. The molecule has 0 fully saturated rings. The summed E-state index contributed by atoms with van der Waals surface area (Å²) >= 11 is 1.22. The Morgan fingerprint density at radius 1 is 1.37 bits per heavy atom. The van der Waals surface area contributed by atoms with E-state index in [2.05, 4.69) is 22.5 Å². The van der Waals surface area contributed by atoms with E-state index in [-0.39, 0.29) is 25.0 Å². The van der Waals surface area contributed by atoms with Crippen molar-refractivity contribution in [2.24, 2.45) is 0 Å². The van der Waals surface area contributed by atoms with Gasteiger partial charge in [-0.25, -0.2) is 0 Å². The van der Waals surface area contributed by atoms with Crippen LogP contribution in [0.2, 0.25) is 0 Å². The Kier molecular flexibility index (Phi) is 6.64. The minimum absolute atomic E-state index is 0.0333. The van der Waals surface area contributed by atoms with Crippen LogP contribution in [-0.2, 0) is 4.79 Å². The summed E-state index contributed by atoms with van der Waals surface area (Å²) < 4.78 is 0. The van der Waals surface area contributed by atoms with Crippen molar-refractivity contribution in [1.82, 2.24) is 10.6 Å². The summed E-state index contributed by atoms with van der Waals surface area (Å²) in [5, 5.41) is 13.8. The summed E-state index contributed by atoms with van der Waals surface area (Å²) in [6.07, 6.45) is 0.859. The normalized spacial score (nSPS) is 9.37. The van der Waals surface area contributed by atoms with E-state index in [0.29, 0.717) is 16.3 Å². The molecule has 0 saturated heterocycles. The molecule has 102 valence electrons. The molecule has 19 heavy (non-hydrogen) atoms. The number of nitrogens with one attached hydrogen (secondary N) is 2. The van der Waals surface area contributed by atoms with Crippen LogP contribution < -0.4 is 10.6 Å². The first-order valence-corrected chi connectivity index (χ1v) is 6.73. The zero-order valence-corrected chi connectivity index (χ0v) is 11.5. The number of amides is 2. The summed E-state index contributed by atoms with van der Waals surface area (Å²) in [7, 11) is 0. The molecular formula is C13H16N2O3S. The van der Waals surface area contributed by atoms with E-state index in [1.54, 1.807) is 12.1 Å². The molecule has 0 saturated carbocycles. The first kappa shape index (κ1) is 15.2. The largest absolute Gasteiger partial charge is 0.384 e. The van der Waals surface area contributed by atoms with Crippen LogP contribution in [0.15, 0.2) is 12.1 Å². The second-order valence-electron chi connectivity index (χ2n) is 3.66. The fourth-order valence-corrected chi connectivity index (χ4v) is 2.03. The number of rotatable bonds is 5. The Labute approximate surface area is 116 Å². The highest BCUT2D eigenvalue weighted by molar-refractivity contribution is 7.14. The van der Waals surface area contributed by atoms with Gasteiger partial charge in [0.1, 0.15) is 6.61 Å². The van der Waals surface area contributed by atoms with Crippen LogP contribution in [0.5, 0.6) is 0 Å². The van der Waals surface area contributed by atoms with Crippen molar-refractivity contribution in [3.05, 3.63) is 21.9 Å². The van der Waals surface area contributed by atoms with E-state index in [1.807, 2.05) is 6.92 Å². The third-order valence-electron chi connectivity index (χ3n) is 2.10. The molecule has 1 aromatic rings. The summed E-state index contributed by atoms with van der Waals surface area (Å²) in [5.41, 5.74) is 0. The molecule has 1 heterocycles. The van der Waals surface area contributed by atoms with E-state index in [0.717, 1.165) is 6.42 Å². The number of carbonyl (C=O) groups excluding carboxylic acids is 2. The summed E-state index contributed by atoms with van der Waals surface area (Å²) in [6.45, 7) is 2.32. The average Bonchev–Trinajstić information content (AvgIpc) is 2.89. The van der Waals surface area contributed by atoms with Gasteiger partial charge in [0.05, 0.1) is 16.3 Å². The van der Waals surface area contributed by atoms with Gasteiger partial charge in [-0.1, -0.05) is 18.8 Å². The number of hydrogen-bond donors (Lipinski definition) is 3. The smallest absolute Gasteiger partial charge is 0.261 e. The number of thiophene rings is 1. The predicted molar refractivity (Wildman–Crippen MR) is 73.9 cm³/mol. The Balaban J connectivity index is 2.45. The molecule has 0 atom stereocenters. The number of hydrogen-bond acceptors (Lipinski definition) is 4. The number of carbonyl (C=O) groups is 2. The van der Waals surface area contributed by atoms with Crippen molar-refractivity contribution in [2.75, 3.05) is 19.7 Å². The lowest BCUT2D eigenvalue weighted by molar-refractivity contribution is -0.120. The lowest BCUT2D eigenvalue weighted by Gasteiger charge is -2.04. The van der Waals surface area contributed by atoms with Crippen LogP contribution in [0.4, 0.5) is 0 Å². The van der Waals surface area contributed by atoms with Crippen LogP contribution in [0.3, 0.4) is 0 Å². The van der Waals surface area contributed by atoms with E-state index < -0.39 is 0 Å². The maximum atomic E-state index is 11.7. The van der Waals surface area contributed by atoms with Crippen molar-refractivity contribution in [3.8, 4) is 11.8 Å². The number of aliphatic hydroxyl groups is 1. The van der Waals surface area contributed by atoms with Gasteiger partial charge < -0.3 is 15.7 Å². The molecule has 3 N–H and O–H groups in total. The average molecular weight is 280 g/mol. The third-order valence-corrected chi connectivity index (χ3v) is 3.10. The maximum absolute atomic E-state index is 11.7. The van der Waals surface area contributed by atoms with Gasteiger partial charge in [-0.2, -0.15) is 0 Å². The molecule has 0 radical (unpaired) electrons. The van der Waals surface area contributed by atoms with Crippen LogP contribution in [0, 0.1) is 11.8 Å². The maximum Gasteiger partial charge on any atom is 0.261 e. The zero-order valence-electron chi connectivity index (χ0n) is 10.7. The van der Waals surface area contributed by atoms with Gasteiger partial charge in [-0.05, 0) is 18.6 Å². The van der Waals surface area contributed by atoms with Crippen LogP contribution >= 0.6 is 11.3 Å². The summed E-state index contributed by atoms with van der Waals surface area (Å²) in [5.74, 6) is 4.73. The second-order valence-corrected chi connectivity index (χ2v) is 4.74. The molecule has 5 nitrogen and oxygen atoms in total. The molecule has 0 aliphatic carbocycles. The standard InChI is InChI=1S/C13H16N2O3S/c1-2-7-14-12(17)9-15-13(18)11-6-5-10(19-11)4-3-8-16/h5-6,16H,2,7-9H2,1H3,(H,14,17)(H,15,18). The molecule has 0 aromatic carbocycles. The van der Waals surface area contributed by atoms with Crippen molar-refractivity contribution in [2.45, 2.75) is 13.3 Å². The van der Waals surface area contributed by atoms with Crippen LogP contribution in [0.25, 0.3) is 0 Å². The predicted octanol–water partition coefficient (Wildman–Crippen LogP) is 0.348. The molecule has 6 heteroatoms. The molecule has 0 aliphatic rings. The highest BCUT2D eigenvalue weighted by atomic mass is 32.1. The summed E-state index contributed by atoms with van der Waals surface area (Å²) in [6, 6.07) is 3.35. The Morgan fingerprint density at radius 3 is 2.84 bits per heavy atom. The van der Waals surface area contributed by atoms with E-state index >= 15 is 0 Å². The van der Waals surface area contributed by atoms with E-state index in [1.165, 1.54) is 11.3 Å². The molecule has 0 spiro atoms. The van der Waals surface area contributed by atoms with E-state index in [4.69, 9.17) is 5.11 Å². The topological polar surface area (TPSA) is 78.4 Å². The Morgan fingerprint density at radius 2 is 2.16 bits per heavy atom. The lowest BCUT2D eigenvalue weighted by Crippen LogP contribution is -2.36. The van der Waals surface area contributed by atoms with Crippen molar-refractivity contribution in [3.63, 3.8) is 0 Å². The molecule has 0 unspecified atom stereocenters. The Hall–Kier alpha value is -1.84. The van der Waals surface area contributed by atoms with Gasteiger partial charge in [-0.15, -0.1) is 11.3 Å². The highest BCUT2D eigenvalue weighted by Gasteiger charge is 2.09. The SMILES string of the molecule is CCCNC(=O)CNC(=O)c1ccc(C#CCO)s1. The van der Waals surface area contributed by atoms with Crippen molar-refractivity contribution < 1.29 is 14.7 Å². The fourth-order valence-electron chi connectivity index (χ4n) is 1.23. The van der Waals surface area contributed by atoms with E-state index in [9.17, 15) is 9.59 Å². The van der Waals surface area contributed by atoms with Gasteiger partial charge in [-0.3, -0.25) is 9.59 Å². The second kappa shape index (κ2) is 8.29. The van der Waals surface area contributed by atoms with Gasteiger partial charge in [0.2, 0.25) is 5.91 Å². The molecule has 0 bridgehead atoms. The lowest BCUT2D eigenvalue weighted by atomic mass is 10.4. The van der Waals surface area contributed by atoms with Crippen molar-refractivity contribution >= 4 is 23.2 Å². The zero-order chi connectivity index (χ0) is 14.1. The Bertz CT molecular complexity index is 499. The van der Waals surface area contributed by atoms with Crippen LogP contribution in [0.1, 0.15) is 27.9 Å². The molecule has 1 rings (SSSR count). The monoisotopic (exact) mass is 280 g/mol. The van der Waals surface area contributed by atoms with Gasteiger partial charge >= 0.3 is 0 Å². The molecule has 1 aromatic heterocycles. The minimum atomic E-state index is -0.298.